The number of carboxylic acid groups (broad SMARTS) is 1. The average molecular weight is 654 g/mol. The van der Waals surface area contributed by atoms with Gasteiger partial charge in [0.15, 0.2) is 5.13 Å². The van der Waals surface area contributed by atoms with Gasteiger partial charge < -0.3 is 31.8 Å². The minimum absolute atomic E-state index is 0.0462. The van der Waals surface area contributed by atoms with Gasteiger partial charge in [-0.15, -0.1) is 40.0 Å². The van der Waals surface area contributed by atoms with Gasteiger partial charge in [0.1, 0.15) is 47.0 Å². The van der Waals surface area contributed by atoms with E-state index < -0.39 is 29.2 Å². The minimum atomic E-state index is -1.22. The zero-order valence-electron chi connectivity index (χ0n) is 21.8. The molecule has 2 unspecified atom stereocenters. The molecule has 0 aliphatic carbocycles. The van der Waals surface area contributed by atoms with Crippen molar-refractivity contribution >= 4 is 93.3 Å². The molecule has 0 saturated carbocycles. The number of amides is 2. The lowest BCUT2D eigenvalue weighted by Crippen LogP contribution is -2.71. The van der Waals surface area contributed by atoms with E-state index >= 15 is 0 Å². The SMILES string of the molecule is CO/N=C(\C(=O)N[C@@H]1C(=O)N2C(C(=O)O)=C(CSC3C=NC([n+]4ccc(N)n4CCO)=CS3)CSC12)c1nsc(N)n1. The van der Waals surface area contributed by atoms with Crippen LogP contribution in [-0.4, -0.2) is 100 Å². The number of hydrogen-bond donors (Lipinski definition) is 5. The van der Waals surface area contributed by atoms with Gasteiger partial charge in [-0.2, -0.15) is 14.0 Å². The highest BCUT2D eigenvalue weighted by Crippen LogP contribution is 2.42. The number of aliphatic hydroxyl groups excluding tert-OH is 1. The summed E-state index contributed by atoms with van der Waals surface area (Å²) in [5, 5.41) is 27.0. The molecule has 0 bridgehead atoms. The van der Waals surface area contributed by atoms with Crippen LogP contribution in [0.3, 0.4) is 0 Å². The van der Waals surface area contributed by atoms with E-state index in [0.29, 0.717) is 35.3 Å². The highest BCUT2D eigenvalue weighted by Gasteiger charge is 2.54. The number of rotatable bonds is 11. The summed E-state index contributed by atoms with van der Waals surface area (Å²) in [7, 11) is 1.25. The Morgan fingerprint density at radius 1 is 1.38 bits per heavy atom. The molecular weight excluding hydrogens is 629 g/mol. The van der Waals surface area contributed by atoms with Gasteiger partial charge in [-0.3, -0.25) is 14.5 Å². The number of oxime groups is 1. The third kappa shape index (κ3) is 5.84. The number of aliphatic imine (C=N–C) groups is 1. The quantitative estimate of drug-likeness (QED) is 0.0868. The largest absolute Gasteiger partial charge is 0.477 e. The molecule has 16 nitrogen and oxygen atoms in total. The monoisotopic (exact) mass is 653 g/mol. The third-order valence-electron chi connectivity index (χ3n) is 6.14. The molecule has 3 aliphatic heterocycles. The van der Waals surface area contributed by atoms with Crippen LogP contribution in [0.15, 0.2) is 39.1 Å². The van der Waals surface area contributed by atoms with Gasteiger partial charge in [-0.25, -0.2) is 4.79 Å². The fourth-order valence-corrected chi connectivity index (χ4v) is 8.19. The summed E-state index contributed by atoms with van der Waals surface area (Å²) < 4.78 is 7.31. The number of anilines is 2. The van der Waals surface area contributed by atoms with Crippen LogP contribution in [0.25, 0.3) is 5.82 Å². The molecular formula is C22H25N10O6S4+. The lowest BCUT2D eigenvalue weighted by Gasteiger charge is -2.49. The molecule has 7 N–H and O–H groups in total. The van der Waals surface area contributed by atoms with E-state index in [4.69, 9.17) is 16.3 Å². The maximum atomic E-state index is 13.1. The van der Waals surface area contributed by atoms with Gasteiger partial charge in [0.05, 0.1) is 18.6 Å². The van der Waals surface area contributed by atoms with E-state index in [-0.39, 0.29) is 33.6 Å². The van der Waals surface area contributed by atoms with Crippen molar-refractivity contribution in [1.82, 2.24) is 24.3 Å². The van der Waals surface area contributed by atoms with Crippen molar-refractivity contribution in [2.75, 3.05) is 36.7 Å². The number of nitrogens with two attached hydrogens (primary N) is 2. The van der Waals surface area contributed by atoms with Crippen LogP contribution in [0, 0.1) is 0 Å². The zero-order valence-corrected chi connectivity index (χ0v) is 25.1. The maximum absolute atomic E-state index is 13.1. The molecule has 42 heavy (non-hydrogen) atoms. The summed E-state index contributed by atoms with van der Waals surface area (Å²) in [4.78, 5) is 52.6. The minimum Gasteiger partial charge on any atom is -0.477 e. The summed E-state index contributed by atoms with van der Waals surface area (Å²) in [6.45, 7) is 0.246. The number of β-lactam (4-membered cyclic amide) rings is 1. The molecule has 5 heterocycles. The zero-order chi connectivity index (χ0) is 30.0. The highest BCUT2D eigenvalue weighted by molar-refractivity contribution is 8.19. The third-order valence-corrected chi connectivity index (χ3v) is 10.5. The Labute approximate surface area is 255 Å². The Bertz CT molecular complexity index is 1530. The van der Waals surface area contributed by atoms with E-state index in [1.54, 1.807) is 27.8 Å². The lowest BCUT2D eigenvalue weighted by atomic mass is 10.0. The number of hydrogen-bond acceptors (Lipinski definition) is 15. The van der Waals surface area contributed by atoms with E-state index in [1.165, 1.54) is 47.3 Å². The van der Waals surface area contributed by atoms with Crippen LogP contribution >= 0.6 is 46.8 Å². The molecule has 2 aromatic rings. The van der Waals surface area contributed by atoms with Gasteiger partial charge in [0, 0.05) is 29.1 Å². The molecule has 1 saturated heterocycles. The molecule has 0 spiro atoms. The first-order valence-corrected chi connectivity index (χ1v) is 16.0. The van der Waals surface area contributed by atoms with Crippen molar-refractivity contribution in [3.05, 3.63) is 34.8 Å². The van der Waals surface area contributed by atoms with Gasteiger partial charge in [-0.1, -0.05) is 5.16 Å². The number of carbonyl (C=O) groups excluding carboxylic acids is 2. The van der Waals surface area contributed by atoms with Crippen LogP contribution < -0.4 is 21.5 Å². The van der Waals surface area contributed by atoms with E-state index in [9.17, 15) is 24.6 Å². The fraction of sp³-hybridized carbons (Fsp3) is 0.364. The van der Waals surface area contributed by atoms with Crippen molar-refractivity contribution in [3.8, 4) is 0 Å². The van der Waals surface area contributed by atoms with Crippen LogP contribution in [0.2, 0.25) is 0 Å². The summed E-state index contributed by atoms with van der Waals surface area (Å²) in [5.41, 5.74) is 11.8. The topological polar surface area (TPSA) is 228 Å². The Kier molecular flexibility index (Phi) is 9.06. The Balaban J connectivity index is 1.23. The summed E-state index contributed by atoms with van der Waals surface area (Å²) >= 11 is 5.22. The molecule has 222 valence electrons. The predicted octanol–water partition coefficient (Wildman–Crippen LogP) is -0.794. The van der Waals surface area contributed by atoms with Gasteiger partial charge in [-0.05, 0) is 10.6 Å². The van der Waals surface area contributed by atoms with Crippen LogP contribution in [0.4, 0.5) is 10.9 Å². The second-order valence-corrected chi connectivity index (χ2v) is 13.0. The van der Waals surface area contributed by atoms with Gasteiger partial charge in [0.2, 0.25) is 11.5 Å². The molecule has 20 heteroatoms. The summed E-state index contributed by atoms with van der Waals surface area (Å²) in [6, 6.07) is 0.754. The molecule has 3 aliphatic rings. The molecule has 2 aromatic heterocycles. The number of nitrogens with one attached hydrogen (secondary N) is 1. The highest BCUT2D eigenvalue weighted by atomic mass is 32.2. The van der Waals surface area contributed by atoms with Crippen molar-refractivity contribution in [2.45, 2.75) is 22.5 Å². The van der Waals surface area contributed by atoms with Gasteiger partial charge >= 0.3 is 11.8 Å². The Morgan fingerprint density at radius 3 is 2.83 bits per heavy atom. The number of aliphatic carboxylic acids is 1. The average Bonchev–Trinajstić information content (AvgIpc) is 3.58. The Morgan fingerprint density at radius 2 is 2.19 bits per heavy atom. The molecule has 0 aromatic carbocycles. The summed E-state index contributed by atoms with van der Waals surface area (Å²) in [6.07, 6.45) is 3.52. The number of aliphatic hydroxyl groups is 1. The van der Waals surface area contributed by atoms with Crippen molar-refractivity contribution in [3.63, 3.8) is 0 Å². The predicted molar refractivity (Wildman–Crippen MR) is 160 cm³/mol. The molecule has 5 rings (SSSR count). The number of nitrogen functional groups attached to an aromatic ring is 2. The molecule has 3 atom stereocenters. The first kappa shape index (κ1) is 29.9. The molecule has 1 fully saturated rings. The second kappa shape index (κ2) is 12.7. The molecule has 2 amide bonds. The second-order valence-electron chi connectivity index (χ2n) is 8.70. The number of carboxylic acids is 1. The first-order chi connectivity index (χ1) is 20.2. The molecule has 0 radical (unpaired) electrons. The first-order valence-electron chi connectivity index (χ1n) is 12.1. The smallest absolute Gasteiger partial charge is 0.352 e. The number of aromatic nitrogens is 4. The van der Waals surface area contributed by atoms with Crippen LogP contribution in [0.5, 0.6) is 0 Å². The van der Waals surface area contributed by atoms with Crippen LogP contribution in [-0.2, 0) is 25.8 Å². The van der Waals surface area contributed by atoms with E-state index in [2.05, 4.69) is 24.8 Å². The van der Waals surface area contributed by atoms with Gasteiger partial charge in [0.25, 0.3) is 11.8 Å². The number of thioether (sulfide) groups is 3. The normalized spacial score (nSPS) is 22.0. The van der Waals surface area contributed by atoms with Crippen molar-refractivity contribution in [2.24, 2.45) is 10.1 Å². The van der Waals surface area contributed by atoms with Crippen molar-refractivity contribution in [1.29, 1.82) is 0 Å². The lowest BCUT2D eigenvalue weighted by molar-refractivity contribution is -0.672. The fourth-order valence-electron chi connectivity index (χ4n) is 4.29. The Hall–Kier alpha value is -3.59. The van der Waals surface area contributed by atoms with E-state index in [1.807, 2.05) is 5.41 Å². The number of carbonyl (C=O) groups is 3. The van der Waals surface area contributed by atoms with Crippen molar-refractivity contribution < 1.29 is 34.1 Å². The standard InChI is InChI=1S/C22H24N10O6S4/c1-38-28-14(17-27-22(24)42-29-17)18(34)26-15-19(35)32-16(21(36)37)10(8-41-20(15)32)7-39-13-6-25-12(9-40-13)31-3-2-11(23)30(31)4-5-33/h2-3,6,9,13,15,20,23,33H,4-5,7-8H2,1H3,(H4,24,26,27,29,34,36,37)/p+1/b28-14-/t13?,15-,20?/m1/s1. The maximum Gasteiger partial charge on any atom is 0.352 e. The summed E-state index contributed by atoms with van der Waals surface area (Å²) in [5.74, 6) is -0.715. The number of fused-ring (bicyclic) bond motifs is 1. The van der Waals surface area contributed by atoms with E-state index in [0.717, 1.165) is 11.5 Å². The van der Waals surface area contributed by atoms with Crippen LogP contribution in [0.1, 0.15) is 5.82 Å². The number of nitrogens with zero attached hydrogens (tertiary/aromatic N) is 7.